The maximum absolute atomic E-state index is 11.5. The van der Waals surface area contributed by atoms with Crippen LogP contribution in [0.1, 0.15) is 19.4 Å². The van der Waals surface area contributed by atoms with Crippen LogP contribution in [-0.2, 0) is 21.3 Å². The van der Waals surface area contributed by atoms with Gasteiger partial charge < -0.3 is 0 Å². The van der Waals surface area contributed by atoms with Crippen molar-refractivity contribution in [2.24, 2.45) is 5.92 Å². The molecule has 1 aromatic rings. The van der Waals surface area contributed by atoms with Gasteiger partial charge in [0.1, 0.15) is 0 Å². The van der Waals surface area contributed by atoms with Crippen molar-refractivity contribution >= 4 is 15.9 Å². The first-order chi connectivity index (χ1) is 6.61. The molecule has 1 aromatic carbocycles. The molecular formula is C11H14O2S. The third-order valence-corrected chi connectivity index (χ3v) is 3.35. The van der Waals surface area contributed by atoms with Crippen LogP contribution in [0.3, 0.4) is 0 Å². The molecule has 0 aromatic heterocycles. The van der Waals surface area contributed by atoms with Crippen LogP contribution in [-0.4, -0.2) is 9.32 Å². The zero-order valence-electron chi connectivity index (χ0n) is 8.40. The van der Waals surface area contributed by atoms with Crippen molar-refractivity contribution in [2.45, 2.75) is 19.6 Å². The molecule has 0 aliphatic carbocycles. The SMILES string of the molecule is CC(C)C(=O)S(=O)Cc1ccccc1. The maximum atomic E-state index is 11.5. The molecule has 0 bridgehead atoms. The number of benzene rings is 1. The van der Waals surface area contributed by atoms with Gasteiger partial charge in [-0.2, -0.15) is 0 Å². The van der Waals surface area contributed by atoms with Gasteiger partial charge in [-0.3, -0.25) is 9.00 Å². The van der Waals surface area contributed by atoms with Gasteiger partial charge in [0.25, 0.3) is 0 Å². The number of carbonyl (C=O) groups is 1. The molecule has 0 heterocycles. The summed E-state index contributed by atoms with van der Waals surface area (Å²) in [5, 5.41) is -0.172. The topological polar surface area (TPSA) is 34.1 Å². The summed E-state index contributed by atoms with van der Waals surface area (Å²) in [5.74, 6) is 0.178. The Bertz CT molecular complexity index is 330. The van der Waals surface area contributed by atoms with E-state index in [0.717, 1.165) is 5.56 Å². The van der Waals surface area contributed by atoms with Crippen molar-refractivity contribution in [2.75, 3.05) is 0 Å². The number of hydrogen-bond acceptors (Lipinski definition) is 2. The molecule has 2 nitrogen and oxygen atoms in total. The molecule has 0 amide bonds. The predicted octanol–water partition coefficient (Wildman–Crippen LogP) is 2.12. The summed E-state index contributed by atoms with van der Waals surface area (Å²) in [6.45, 7) is 3.54. The van der Waals surface area contributed by atoms with Gasteiger partial charge in [-0.25, -0.2) is 0 Å². The van der Waals surface area contributed by atoms with Gasteiger partial charge >= 0.3 is 0 Å². The molecule has 0 saturated heterocycles. The average Bonchev–Trinajstić information content (AvgIpc) is 2.18. The molecule has 0 N–H and O–H groups in total. The summed E-state index contributed by atoms with van der Waals surface area (Å²) in [5.41, 5.74) is 0.944. The summed E-state index contributed by atoms with van der Waals surface area (Å²) < 4.78 is 11.5. The van der Waals surface area contributed by atoms with E-state index >= 15 is 0 Å². The largest absolute Gasteiger partial charge is 0.284 e. The summed E-state index contributed by atoms with van der Waals surface area (Å²) in [6.07, 6.45) is 0. The van der Waals surface area contributed by atoms with Gasteiger partial charge in [0, 0.05) is 5.92 Å². The molecule has 0 aliphatic heterocycles. The van der Waals surface area contributed by atoms with Crippen molar-refractivity contribution in [1.82, 2.24) is 0 Å². The van der Waals surface area contributed by atoms with Crippen molar-refractivity contribution in [3.8, 4) is 0 Å². The fourth-order valence-corrected chi connectivity index (χ4v) is 2.22. The minimum Gasteiger partial charge on any atom is -0.284 e. The van der Waals surface area contributed by atoms with E-state index in [1.54, 1.807) is 13.8 Å². The Balaban J connectivity index is 2.63. The zero-order chi connectivity index (χ0) is 10.6. The lowest BCUT2D eigenvalue weighted by Gasteiger charge is -2.03. The van der Waals surface area contributed by atoms with Gasteiger partial charge in [0.15, 0.2) is 0 Å². The molecule has 0 radical (unpaired) electrons. The number of carbonyl (C=O) groups excluding carboxylic acids is 1. The highest BCUT2D eigenvalue weighted by molar-refractivity contribution is 7.99. The van der Waals surface area contributed by atoms with E-state index in [2.05, 4.69) is 0 Å². The van der Waals surface area contributed by atoms with Gasteiger partial charge in [0.05, 0.1) is 16.6 Å². The Morgan fingerprint density at radius 2 is 1.86 bits per heavy atom. The lowest BCUT2D eigenvalue weighted by atomic mass is 10.2. The number of hydrogen-bond donors (Lipinski definition) is 0. The molecule has 1 rings (SSSR count). The zero-order valence-corrected chi connectivity index (χ0v) is 9.21. The Kier molecular flexibility index (Phi) is 4.01. The molecule has 14 heavy (non-hydrogen) atoms. The smallest absolute Gasteiger partial charge is 0.221 e. The molecule has 1 unspecified atom stereocenters. The Morgan fingerprint density at radius 3 is 2.36 bits per heavy atom. The van der Waals surface area contributed by atoms with E-state index in [0.29, 0.717) is 5.75 Å². The summed E-state index contributed by atoms with van der Waals surface area (Å²) in [6, 6.07) is 9.42. The van der Waals surface area contributed by atoms with Crippen LogP contribution in [0.4, 0.5) is 0 Å². The van der Waals surface area contributed by atoms with Crippen LogP contribution in [0, 0.1) is 5.92 Å². The second-order valence-corrected chi connectivity index (χ2v) is 4.83. The van der Waals surface area contributed by atoms with Gasteiger partial charge in [-0.05, 0) is 5.56 Å². The van der Waals surface area contributed by atoms with Crippen LogP contribution >= 0.6 is 0 Å². The van der Waals surface area contributed by atoms with Gasteiger partial charge in [-0.1, -0.05) is 44.2 Å². The lowest BCUT2D eigenvalue weighted by Crippen LogP contribution is -2.15. The van der Waals surface area contributed by atoms with E-state index < -0.39 is 10.8 Å². The minimum absolute atomic E-state index is 0.153. The first-order valence-corrected chi connectivity index (χ1v) is 5.89. The standard InChI is InChI=1S/C11H14O2S/c1-9(2)11(12)14(13)8-10-6-4-3-5-7-10/h3-7,9H,8H2,1-2H3. The number of rotatable bonds is 3. The third kappa shape index (κ3) is 3.07. The Morgan fingerprint density at radius 1 is 1.29 bits per heavy atom. The van der Waals surface area contributed by atoms with E-state index in [4.69, 9.17) is 0 Å². The fraction of sp³-hybridized carbons (Fsp3) is 0.364. The van der Waals surface area contributed by atoms with Crippen LogP contribution in [0.25, 0.3) is 0 Å². The summed E-state index contributed by atoms with van der Waals surface area (Å²) >= 11 is 0. The highest BCUT2D eigenvalue weighted by atomic mass is 32.2. The van der Waals surface area contributed by atoms with Gasteiger partial charge in [-0.15, -0.1) is 0 Å². The summed E-state index contributed by atoms with van der Waals surface area (Å²) in [7, 11) is -1.38. The fourth-order valence-electron chi connectivity index (χ4n) is 1.06. The highest BCUT2D eigenvalue weighted by Gasteiger charge is 2.15. The van der Waals surface area contributed by atoms with E-state index in [-0.39, 0.29) is 11.0 Å². The Hall–Kier alpha value is -0.960. The minimum atomic E-state index is -1.38. The predicted molar refractivity (Wildman–Crippen MR) is 58.1 cm³/mol. The molecule has 0 saturated carbocycles. The summed E-state index contributed by atoms with van der Waals surface area (Å²) in [4.78, 5) is 11.3. The first kappa shape index (κ1) is 11.1. The van der Waals surface area contributed by atoms with E-state index in [1.807, 2.05) is 30.3 Å². The van der Waals surface area contributed by atoms with E-state index in [9.17, 15) is 9.00 Å². The molecule has 0 spiro atoms. The van der Waals surface area contributed by atoms with E-state index in [1.165, 1.54) is 0 Å². The highest BCUT2D eigenvalue weighted by Crippen LogP contribution is 2.07. The molecular weight excluding hydrogens is 196 g/mol. The van der Waals surface area contributed by atoms with Crippen molar-refractivity contribution < 1.29 is 9.00 Å². The molecule has 1 atom stereocenters. The monoisotopic (exact) mass is 210 g/mol. The lowest BCUT2D eigenvalue weighted by molar-refractivity contribution is -0.113. The second-order valence-electron chi connectivity index (χ2n) is 3.45. The van der Waals surface area contributed by atoms with Crippen LogP contribution < -0.4 is 0 Å². The van der Waals surface area contributed by atoms with Crippen molar-refractivity contribution in [1.29, 1.82) is 0 Å². The van der Waals surface area contributed by atoms with Crippen LogP contribution in [0.5, 0.6) is 0 Å². The van der Waals surface area contributed by atoms with Gasteiger partial charge in [0.2, 0.25) is 5.12 Å². The normalized spacial score (nSPS) is 12.8. The molecule has 3 heteroatoms. The molecule has 0 aliphatic rings. The average molecular weight is 210 g/mol. The maximum Gasteiger partial charge on any atom is 0.221 e. The quantitative estimate of drug-likeness (QED) is 0.765. The second kappa shape index (κ2) is 5.05. The van der Waals surface area contributed by atoms with Crippen molar-refractivity contribution in [3.63, 3.8) is 0 Å². The first-order valence-electron chi connectivity index (χ1n) is 4.57. The third-order valence-electron chi connectivity index (χ3n) is 1.84. The Labute approximate surface area is 86.8 Å². The van der Waals surface area contributed by atoms with Crippen molar-refractivity contribution in [3.05, 3.63) is 35.9 Å². The van der Waals surface area contributed by atoms with Crippen LogP contribution in [0.2, 0.25) is 0 Å². The molecule has 76 valence electrons. The van der Waals surface area contributed by atoms with Crippen LogP contribution in [0.15, 0.2) is 30.3 Å². The molecule has 0 fully saturated rings.